The highest BCUT2D eigenvalue weighted by atomic mass is 16.5. The maximum Gasteiger partial charge on any atom is 0.291 e. The molecule has 32 heavy (non-hydrogen) atoms. The van der Waals surface area contributed by atoms with E-state index in [-0.39, 0.29) is 17.6 Å². The molecule has 9 heteroatoms. The molecule has 2 aromatic carbocycles. The maximum absolute atomic E-state index is 12.8. The summed E-state index contributed by atoms with van der Waals surface area (Å²) in [7, 11) is 1.52. The first kappa shape index (κ1) is 21.0. The van der Waals surface area contributed by atoms with E-state index in [1.807, 2.05) is 48.5 Å². The predicted octanol–water partition coefficient (Wildman–Crippen LogP) is 2.83. The zero-order valence-electron chi connectivity index (χ0n) is 17.4. The lowest BCUT2D eigenvalue weighted by atomic mass is 10.0. The van der Waals surface area contributed by atoms with Gasteiger partial charge < -0.3 is 20.5 Å². The molecule has 2 aliphatic rings. The average Bonchev–Trinajstić information content (AvgIpc) is 2.96. The van der Waals surface area contributed by atoms with E-state index in [1.165, 1.54) is 7.11 Å². The monoisotopic (exact) mass is 430 g/mol. The molecule has 0 saturated carbocycles. The van der Waals surface area contributed by atoms with Crippen molar-refractivity contribution in [3.63, 3.8) is 0 Å². The zero-order valence-corrected chi connectivity index (χ0v) is 17.4. The van der Waals surface area contributed by atoms with Gasteiger partial charge in [0.25, 0.3) is 11.9 Å². The van der Waals surface area contributed by atoms with Crippen molar-refractivity contribution in [2.45, 2.75) is 19.0 Å². The van der Waals surface area contributed by atoms with Crippen LogP contribution in [0.3, 0.4) is 0 Å². The van der Waals surface area contributed by atoms with Crippen molar-refractivity contribution in [1.82, 2.24) is 0 Å². The molecule has 0 aliphatic carbocycles. The minimum Gasteiger partial charge on any atom is -0.484 e. The largest absolute Gasteiger partial charge is 0.484 e. The molecule has 2 aromatic rings. The third kappa shape index (κ3) is 4.56. The highest BCUT2D eigenvalue weighted by Gasteiger charge is 2.26. The molecule has 0 aromatic heterocycles. The summed E-state index contributed by atoms with van der Waals surface area (Å²) in [6.07, 6.45) is 1.87. The first-order chi connectivity index (χ1) is 15.5. The third-order valence-electron chi connectivity index (χ3n) is 4.84. The van der Waals surface area contributed by atoms with Crippen LogP contribution in [0.15, 0.2) is 81.3 Å². The van der Waals surface area contributed by atoms with Gasteiger partial charge in [-0.2, -0.15) is 4.99 Å². The normalized spacial score (nSPS) is 18.3. The van der Waals surface area contributed by atoms with Crippen LogP contribution in [0.2, 0.25) is 0 Å². The molecule has 0 radical (unpaired) electrons. The SMILES string of the molecule is COC1=NC(C(=N)OC(N)=NC2N=C(c3ccccc3)c3ccccc3NC2=O)=CCC1. The van der Waals surface area contributed by atoms with Crippen LogP contribution in [0, 0.1) is 5.41 Å². The van der Waals surface area contributed by atoms with Crippen molar-refractivity contribution in [1.29, 1.82) is 5.41 Å². The number of carbonyl (C=O) groups is 1. The van der Waals surface area contributed by atoms with Gasteiger partial charge in [0.15, 0.2) is 5.90 Å². The molecule has 2 aliphatic heterocycles. The minimum atomic E-state index is -1.19. The molecule has 4 rings (SSSR count). The number of amidine groups is 1. The third-order valence-corrected chi connectivity index (χ3v) is 4.84. The second kappa shape index (κ2) is 9.25. The number of allylic oxidation sites excluding steroid dienone is 1. The number of para-hydroxylation sites is 1. The summed E-state index contributed by atoms with van der Waals surface area (Å²) < 4.78 is 10.5. The van der Waals surface area contributed by atoms with Gasteiger partial charge >= 0.3 is 0 Å². The summed E-state index contributed by atoms with van der Waals surface area (Å²) in [5.41, 5.74) is 9.02. The highest BCUT2D eigenvalue weighted by Crippen LogP contribution is 2.24. The van der Waals surface area contributed by atoms with Crippen LogP contribution in [0.25, 0.3) is 0 Å². The molecular formula is C23H22N6O3. The van der Waals surface area contributed by atoms with Crippen molar-refractivity contribution < 1.29 is 14.3 Å². The van der Waals surface area contributed by atoms with Crippen molar-refractivity contribution in [2.75, 3.05) is 12.4 Å². The molecule has 1 unspecified atom stereocenters. The van der Waals surface area contributed by atoms with Gasteiger partial charge in [-0.1, -0.05) is 54.6 Å². The minimum absolute atomic E-state index is 0.287. The van der Waals surface area contributed by atoms with E-state index in [4.69, 9.17) is 20.6 Å². The Labute approximate surface area is 184 Å². The van der Waals surface area contributed by atoms with E-state index >= 15 is 0 Å². The predicted molar refractivity (Wildman–Crippen MR) is 123 cm³/mol. The van der Waals surface area contributed by atoms with E-state index in [1.54, 1.807) is 12.1 Å². The number of nitrogens with two attached hydrogens (primary N) is 1. The number of benzodiazepines with no additional fused rings is 1. The van der Waals surface area contributed by atoms with Gasteiger partial charge in [-0.3, -0.25) is 10.2 Å². The fourth-order valence-electron chi connectivity index (χ4n) is 3.32. The standard InChI is InChI=1S/C23H22N6O3/c1-31-18-13-7-12-17(26-18)20(24)32-23(25)29-21-22(30)27-16-11-6-5-10-15(16)19(28-21)14-8-3-2-4-9-14/h2-6,8-12,21,24H,7,13H2,1H3,(H2,25,29)(H,27,30). The van der Waals surface area contributed by atoms with Gasteiger partial charge in [-0.25, -0.2) is 9.98 Å². The fraction of sp³-hybridized carbons (Fsp3) is 0.174. The second-order valence-electron chi connectivity index (χ2n) is 6.99. The molecule has 0 spiro atoms. The topological polar surface area (TPSA) is 135 Å². The summed E-state index contributed by atoms with van der Waals surface area (Å²) in [5, 5.41) is 11.0. The Morgan fingerprint density at radius 3 is 2.72 bits per heavy atom. The number of hydrogen-bond donors (Lipinski definition) is 3. The number of ether oxygens (including phenoxy) is 2. The van der Waals surface area contributed by atoms with Crippen molar-refractivity contribution in [2.24, 2.45) is 20.7 Å². The Kier molecular flexibility index (Phi) is 6.07. The fourth-order valence-corrected chi connectivity index (χ4v) is 3.32. The second-order valence-corrected chi connectivity index (χ2v) is 6.99. The van der Waals surface area contributed by atoms with E-state index in [0.29, 0.717) is 30.1 Å². The van der Waals surface area contributed by atoms with Crippen LogP contribution in [-0.2, 0) is 14.3 Å². The number of fused-ring (bicyclic) bond motifs is 1. The molecular weight excluding hydrogens is 408 g/mol. The Balaban J connectivity index is 1.63. The molecule has 162 valence electrons. The first-order valence-electron chi connectivity index (χ1n) is 10.0. The van der Waals surface area contributed by atoms with Crippen LogP contribution in [-0.4, -0.2) is 42.7 Å². The molecule has 4 N–H and O–H groups in total. The lowest BCUT2D eigenvalue weighted by Gasteiger charge is -2.13. The Morgan fingerprint density at radius 2 is 1.94 bits per heavy atom. The van der Waals surface area contributed by atoms with E-state index in [0.717, 1.165) is 11.1 Å². The van der Waals surface area contributed by atoms with Gasteiger partial charge in [0.05, 0.1) is 18.5 Å². The zero-order chi connectivity index (χ0) is 22.5. The lowest BCUT2D eigenvalue weighted by molar-refractivity contribution is -0.117. The molecule has 1 atom stereocenters. The van der Waals surface area contributed by atoms with Gasteiger partial charge in [0.1, 0.15) is 5.70 Å². The number of amides is 1. The summed E-state index contributed by atoms with van der Waals surface area (Å²) in [6.45, 7) is 0. The molecule has 0 bridgehead atoms. The van der Waals surface area contributed by atoms with Crippen molar-refractivity contribution in [3.8, 4) is 0 Å². The van der Waals surface area contributed by atoms with Crippen LogP contribution in [0.4, 0.5) is 5.69 Å². The van der Waals surface area contributed by atoms with Crippen LogP contribution >= 0.6 is 0 Å². The number of nitrogens with one attached hydrogen (secondary N) is 2. The summed E-state index contributed by atoms with van der Waals surface area (Å²) in [4.78, 5) is 25.7. The number of carbonyl (C=O) groups excluding carboxylic acids is 1. The van der Waals surface area contributed by atoms with Crippen LogP contribution in [0.5, 0.6) is 0 Å². The van der Waals surface area contributed by atoms with Crippen molar-refractivity contribution >= 4 is 35.1 Å². The number of anilines is 1. The molecule has 0 fully saturated rings. The Morgan fingerprint density at radius 1 is 1.19 bits per heavy atom. The van der Waals surface area contributed by atoms with Crippen LogP contribution in [0.1, 0.15) is 24.0 Å². The average molecular weight is 430 g/mol. The van der Waals surface area contributed by atoms with Crippen molar-refractivity contribution in [3.05, 3.63) is 77.5 Å². The van der Waals surface area contributed by atoms with Gasteiger partial charge in [-0.05, 0) is 12.5 Å². The number of methoxy groups -OCH3 is 1. The highest BCUT2D eigenvalue weighted by molar-refractivity contribution is 6.19. The smallest absolute Gasteiger partial charge is 0.291 e. The van der Waals surface area contributed by atoms with Gasteiger partial charge in [0.2, 0.25) is 12.1 Å². The van der Waals surface area contributed by atoms with Crippen LogP contribution < -0.4 is 11.1 Å². The Hall–Kier alpha value is -4.27. The number of rotatable bonds is 3. The van der Waals surface area contributed by atoms with Gasteiger partial charge in [0, 0.05) is 17.5 Å². The maximum atomic E-state index is 12.8. The van der Waals surface area contributed by atoms with Gasteiger partial charge in [-0.15, -0.1) is 0 Å². The summed E-state index contributed by atoms with van der Waals surface area (Å²) >= 11 is 0. The van der Waals surface area contributed by atoms with E-state index in [9.17, 15) is 4.79 Å². The first-order valence-corrected chi connectivity index (χ1v) is 10.0. The number of hydrogen-bond acceptors (Lipinski definition) is 7. The molecule has 2 heterocycles. The number of aliphatic imine (C=N–C) groups is 3. The number of benzene rings is 2. The molecule has 9 nitrogen and oxygen atoms in total. The number of nitrogens with zero attached hydrogens (tertiary/aromatic N) is 3. The quantitative estimate of drug-likeness (QED) is 0.510. The molecule has 0 saturated heterocycles. The Bertz CT molecular complexity index is 1170. The van der Waals surface area contributed by atoms with E-state index in [2.05, 4.69) is 20.3 Å². The van der Waals surface area contributed by atoms with E-state index < -0.39 is 12.1 Å². The summed E-state index contributed by atoms with van der Waals surface area (Å²) in [6, 6.07) is 16.5. The molecule has 1 amide bonds. The lowest BCUT2D eigenvalue weighted by Crippen LogP contribution is -2.29. The summed E-state index contributed by atoms with van der Waals surface area (Å²) in [5.74, 6) is -0.243.